The molecule has 0 saturated carbocycles. The second-order valence-corrected chi connectivity index (χ2v) is 6.10. The quantitative estimate of drug-likeness (QED) is 0.870. The summed E-state index contributed by atoms with van der Waals surface area (Å²) >= 11 is 1.60. The summed E-state index contributed by atoms with van der Waals surface area (Å²) in [5, 5.41) is 4.67. The Morgan fingerprint density at radius 2 is 1.96 bits per heavy atom. The number of nitrogens with one attached hydrogen (secondary N) is 1. The summed E-state index contributed by atoms with van der Waals surface area (Å²) in [6.45, 7) is 0.352. The van der Waals surface area contributed by atoms with Crippen LogP contribution in [0.15, 0.2) is 41.8 Å². The molecule has 0 radical (unpaired) electrons. The molecule has 2 amide bonds. The summed E-state index contributed by atoms with van der Waals surface area (Å²) in [7, 11) is 1.48. The molecule has 0 saturated heterocycles. The number of amides is 2. The van der Waals surface area contributed by atoms with E-state index in [4.69, 9.17) is 0 Å². The van der Waals surface area contributed by atoms with E-state index in [2.05, 4.69) is 5.32 Å². The fourth-order valence-electron chi connectivity index (χ4n) is 2.14. The van der Waals surface area contributed by atoms with Crippen molar-refractivity contribution >= 4 is 17.4 Å². The Bertz CT molecular complexity index is 641. The number of nitrogens with zero attached hydrogens (tertiary/aromatic N) is 1. The number of benzene rings is 1. The largest absolute Gasteiger partial charge is 0.416 e. The van der Waals surface area contributed by atoms with Gasteiger partial charge in [0.15, 0.2) is 0 Å². The molecule has 1 aromatic carbocycles. The van der Waals surface area contributed by atoms with Crippen molar-refractivity contribution in [3.8, 4) is 0 Å². The van der Waals surface area contributed by atoms with E-state index in [1.54, 1.807) is 11.3 Å². The van der Waals surface area contributed by atoms with E-state index in [1.165, 1.54) is 30.1 Å². The van der Waals surface area contributed by atoms with Crippen LogP contribution >= 0.6 is 11.3 Å². The summed E-state index contributed by atoms with van der Waals surface area (Å²) in [6, 6.07) is 8.80. The van der Waals surface area contributed by atoms with Crippen molar-refractivity contribution in [2.24, 2.45) is 0 Å². The molecule has 7 heteroatoms. The number of thiophene rings is 1. The van der Waals surface area contributed by atoms with Gasteiger partial charge < -0.3 is 10.2 Å². The molecular formula is C16H17F3N2OS. The molecule has 0 aliphatic carbocycles. The highest BCUT2D eigenvalue weighted by atomic mass is 32.1. The highest BCUT2D eigenvalue weighted by molar-refractivity contribution is 7.09. The molecule has 0 spiro atoms. The van der Waals surface area contributed by atoms with Gasteiger partial charge in [0, 0.05) is 25.0 Å². The van der Waals surface area contributed by atoms with Crippen molar-refractivity contribution < 1.29 is 18.0 Å². The zero-order valence-corrected chi connectivity index (χ0v) is 13.4. The maximum absolute atomic E-state index is 12.9. The zero-order chi connectivity index (χ0) is 16.9. The van der Waals surface area contributed by atoms with Crippen molar-refractivity contribution in [1.29, 1.82) is 0 Å². The maximum Gasteiger partial charge on any atom is 0.416 e. The third-order valence-electron chi connectivity index (χ3n) is 3.30. The first kappa shape index (κ1) is 17.3. The molecule has 23 heavy (non-hydrogen) atoms. The second-order valence-electron chi connectivity index (χ2n) is 5.07. The Morgan fingerprint density at radius 1 is 1.22 bits per heavy atom. The van der Waals surface area contributed by atoms with Crippen LogP contribution in [0.4, 0.5) is 18.0 Å². The van der Waals surface area contributed by atoms with E-state index in [9.17, 15) is 18.0 Å². The van der Waals surface area contributed by atoms with Crippen molar-refractivity contribution in [2.75, 3.05) is 13.6 Å². The minimum Gasteiger partial charge on any atom is -0.338 e. The molecular weight excluding hydrogens is 325 g/mol. The molecule has 1 N–H and O–H groups in total. The van der Waals surface area contributed by atoms with Crippen LogP contribution < -0.4 is 5.32 Å². The highest BCUT2D eigenvalue weighted by Crippen LogP contribution is 2.32. The lowest BCUT2D eigenvalue weighted by atomic mass is 10.1. The molecule has 0 unspecified atom stereocenters. The fraction of sp³-hybridized carbons (Fsp3) is 0.312. The number of rotatable bonds is 5. The monoisotopic (exact) mass is 342 g/mol. The third-order valence-corrected chi connectivity index (χ3v) is 4.24. The van der Waals surface area contributed by atoms with E-state index >= 15 is 0 Å². The van der Waals surface area contributed by atoms with Gasteiger partial charge in [-0.2, -0.15) is 13.2 Å². The van der Waals surface area contributed by atoms with Gasteiger partial charge in [-0.15, -0.1) is 11.3 Å². The minimum atomic E-state index is -4.42. The number of halogens is 3. The normalized spacial score (nSPS) is 11.3. The predicted molar refractivity (Wildman–Crippen MR) is 84.3 cm³/mol. The van der Waals surface area contributed by atoms with E-state index in [1.807, 2.05) is 17.5 Å². The number of urea groups is 1. The van der Waals surface area contributed by atoms with Crippen molar-refractivity contribution in [3.63, 3.8) is 0 Å². The van der Waals surface area contributed by atoms with Crippen LogP contribution in [0.25, 0.3) is 0 Å². The van der Waals surface area contributed by atoms with Gasteiger partial charge in [-0.3, -0.25) is 0 Å². The molecule has 1 aromatic heterocycles. The molecule has 2 rings (SSSR count). The first-order chi connectivity index (χ1) is 10.9. The van der Waals surface area contributed by atoms with E-state index in [0.717, 1.165) is 10.9 Å². The predicted octanol–water partition coefficient (Wildman–Crippen LogP) is 4.15. The van der Waals surface area contributed by atoms with Gasteiger partial charge in [-0.25, -0.2) is 4.79 Å². The average Bonchev–Trinajstić information content (AvgIpc) is 3.00. The lowest BCUT2D eigenvalue weighted by Gasteiger charge is -2.20. The van der Waals surface area contributed by atoms with Gasteiger partial charge in [-0.1, -0.05) is 24.3 Å². The van der Waals surface area contributed by atoms with E-state index in [0.29, 0.717) is 13.0 Å². The number of carbonyl (C=O) groups is 1. The molecule has 0 bridgehead atoms. The standard InChI is InChI=1S/C16H17F3N2OS/c1-21(15(22)20-9-8-13-6-4-10-23-13)11-12-5-2-3-7-14(12)16(17,18)19/h2-7,10H,8-9,11H2,1H3,(H,20,22). The van der Waals surface area contributed by atoms with Gasteiger partial charge in [0.2, 0.25) is 0 Å². The van der Waals surface area contributed by atoms with Gasteiger partial charge in [0.05, 0.1) is 5.56 Å². The second kappa shape index (κ2) is 7.50. The zero-order valence-electron chi connectivity index (χ0n) is 12.6. The van der Waals surface area contributed by atoms with Crippen LogP contribution in [0.2, 0.25) is 0 Å². The van der Waals surface area contributed by atoms with Gasteiger partial charge in [0.1, 0.15) is 0 Å². The molecule has 3 nitrogen and oxygen atoms in total. The lowest BCUT2D eigenvalue weighted by Crippen LogP contribution is -2.38. The van der Waals surface area contributed by atoms with Crippen molar-refractivity contribution in [1.82, 2.24) is 10.2 Å². The van der Waals surface area contributed by atoms with Crippen molar-refractivity contribution in [2.45, 2.75) is 19.1 Å². The number of alkyl halides is 3. The first-order valence-corrected chi connectivity index (χ1v) is 7.92. The summed E-state index contributed by atoms with van der Waals surface area (Å²) in [6.07, 6.45) is -3.72. The van der Waals surface area contributed by atoms with Crippen LogP contribution in [0.3, 0.4) is 0 Å². The molecule has 124 valence electrons. The maximum atomic E-state index is 12.9. The summed E-state index contributed by atoms with van der Waals surface area (Å²) in [4.78, 5) is 14.4. The van der Waals surface area contributed by atoms with Crippen LogP contribution in [0, 0.1) is 0 Å². The molecule has 0 atom stereocenters. The molecule has 2 aromatic rings. The number of carbonyl (C=O) groups excluding carboxylic acids is 1. The number of hydrogen-bond acceptors (Lipinski definition) is 2. The Hall–Kier alpha value is -2.02. The average molecular weight is 342 g/mol. The van der Waals surface area contributed by atoms with Gasteiger partial charge in [0.25, 0.3) is 0 Å². The van der Waals surface area contributed by atoms with Crippen molar-refractivity contribution in [3.05, 3.63) is 57.8 Å². The third kappa shape index (κ3) is 4.99. The lowest BCUT2D eigenvalue weighted by molar-refractivity contribution is -0.138. The number of hydrogen-bond donors (Lipinski definition) is 1. The van der Waals surface area contributed by atoms with E-state index < -0.39 is 17.8 Å². The minimum absolute atomic E-state index is 0.0795. The fourth-order valence-corrected chi connectivity index (χ4v) is 2.85. The summed E-state index contributed by atoms with van der Waals surface area (Å²) in [5.74, 6) is 0. The first-order valence-electron chi connectivity index (χ1n) is 7.04. The Kier molecular flexibility index (Phi) is 5.65. The molecule has 0 aliphatic rings. The summed E-state index contributed by atoms with van der Waals surface area (Å²) in [5.41, 5.74) is -0.630. The Balaban J connectivity index is 1.91. The summed E-state index contributed by atoms with van der Waals surface area (Å²) < 4.78 is 38.8. The highest BCUT2D eigenvalue weighted by Gasteiger charge is 2.33. The van der Waals surface area contributed by atoms with Gasteiger partial charge in [-0.05, 0) is 29.5 Å². The van der Waals surface area contributed by atoms with Gasteiger partial charge >= 0.3 is 12.2 Å². The Morgan fingerprint density at radius 3 is 2.61 bits per heavy atom. The van der Waals surface area contributed by atoms with E-state index in [-0.39, 0.29) is 12.1 Å². The smallest absolute Gasteiger partial charge is 0.338 e. The van der Waals surface area contributed by atoms with Crippen LogP contribution in [0.5, 0.6) is 0 Å². The molecule has 0 aliphatic heterocycles. The SMILES string of the molecule is CN(Cc1ccccc1C(F)(F)F)C(=O)NCCc1cccs1. The molecule has 1 heterocycles. The Labute approximate surface area is 136 Å². The topological polar surface area (TPSA) is 32.3 Å². The molecule has 0 fully saturated rings. The van der Waals surface area contributed by atoms with Crippen LogP contribution in [0.1, 0.15) is 16.0 Å². The van der Waals surface area contributed by atoms with Crippen LogP contribution in [-0.4, -0.2) is 24.5 Å². The van der Waals surface area contributed by atoms with Crippen LogP contribution in [-0.2, 0) is 19.1 Å².